The Labute approximate surface area is 107 Å². The average Bonchev–Trinajstić information content (AvgIpc) is 2.75. The fourth-order valence-electron chi connectivity index (χ4n) is 1.97. The van der Waals surface area contributed by atoms with Crippen LogP contribution in [0.2, 0.25) is 5.02 Å². The van der Waals surface area contributed by atoms with Crippen molar-refractivity contribution >= 4 is 11.6 Å². The molecule has 0 amide bonds. The Balaban J connectivity index is 2.25. The zero-order chi connectivity index (χ0) is 12.4. The van der Waals surface area contributed by atoms with Crippen molar-refractivity contribution < 1.29 is 4.74 Å². The van der Waals surface area contributed by atoms with E-state index in [2.05, 4.69) is 6.07 Å². The summed E-state index contributed by atoms with van der Waals surface area (Å²) in [7, 11) is 1.93. The van der Waals surface area contributed by atoms with Crippen LogP contribution in [-0.4, -0.2) is 24.6 Å². The molecule has 1 unspecified atom stereocenters. The Morgan fingerprint density at radius 3 is 3.06 bits per heavy atom. The summed E-state index contributed by atoms with van der Waals surface area (Å²) in [6.07, 6.45) is 0.917. The first-order valence-electron chi connectivity index (χ1n) is 5.65. The topological polar surface area (TPSA) is 36.3 Å². The number of ether oxygens (including phenoxy) is 1. The highest BCUT2D eigenvalue weighted by Gasteiger charge is 2.19. The van der Waals surface area contributed by atoms with Crippen molar-refractivity contribution in [3.8, 4) is 11.8 Å². The van der Waals surface area contributed by atoms with Gasteiger partial charge in [-0.3, -0.25) is 4.90 Å². The maximum Gasteiger partial charge on any atom is 0.127 e. The van der Waals surface area contributed by atoms with Gasteiger partial charge in [-0.15, -0.1) is 0 Å². The second-order valence-corrected chi connectivity index (χ2v) is 4.81. The molecule has 0 aromatic heterocycles. The van der Waals surface area contributed by atoms with Crippen molar-refractivity contribution in [2.24, 2.45) is 0 Å². The van der Waals surface area contributed by atoms with E-state index < -0.39 is 0 Å². The lowest BCUT2D eigenvalue weighted by molar-refractivity contribution is 0.285. The van der Waals surface area contributed by atoms with Crippen molar-refractivity contribution in [2.45, 2.75) is 25.9 Å². The van der Waals surface area contributed by atoms with Crippen LogP contribution in [0.25, 0.3) is 0 Å². The number of fused-ring (bicyclic) bond motifs is 1. The van der Waals surface area contributed by atoms with E-state index in [0.29, 0.717) is 6.54 Å². The van der Waals surface area contributed by atoms with Gasteiger partial charge in [0.1, 0.15) is 5.75 Å². The van der Waals surface area contributed by atoms with Crippen LogP contribution >= 0.6 is 11.6 Å². The van der Waals surface area contributed by atoms with Gasteiger partial charge >= 0.3 is 0 Å². The van der Waals surface area contributed by atoms with E-state index >= 15 is 0 Å². The summed E-state index contributed by atoms with van der Waals surface area (Å²) >= 11 is 6.09. The first kappa shape index (κ1) is 12.2. The Morgan fingerprint density at radius 2 is 2.35 bits per heavy atom. The summed E-state index contributed by atoms with van der Waals surface area (Å²) in [4.78, 5) is 1.98. The summed E-state index contributed by atoms with van der Waals surface area (Å²) in [6, 6.07) is 5.98. The van der Waals surface area contributed by atoms with Crippen LogP contribution in [0.3, 0.4) is 0 Å². The number of halogens is 1. The number of rotatable bonds is 3. The van der Waals surface area contributed by atoms with Gasteiger partial charge in [-0.1, -0.05) is 11.6 Å². The van der Waals surface area contributed by atoms with Gasteiger partial charge in [0.05, 0.1) is 18.7 Å². The molecule has 90 valence electrons. The first-order chi connectivity index (χ1) is 8.11. The molecule has 2 rings (SSSR count). The zero-order valence-electron chi connectivity index (χ0n) is 10.0. The summed E-state index contributed by atoms with van der Waals surface area (Å²) in [5, 5.41) is 9.62. The van der Waals surface area contributed by atoms with E-state index in [1.807, 2.05) is 31.0 Å². The molecule has 17 heavy (non-hydrogen) atoms. The molecular formula is C13H15ClN2O. The van der Waals surface area contributed by atoms with Crippen LogP contribution in [0.1, 0.15) is 18.1 Å². The molecule has 0 spiro atoms. The van der Waals surface area contributed by atoms with Gasteiger partial charge < -0.3 is 4.74 Å². The highest BCUT2D eigenvalue weighted by atomic mass is 35.5. The second-order valence-electron chi connectivity index (χ2n) is 4.37. The van der Waals surface area contributed by atoms with E-state index in [0.717, 1.165) is 29.4 Å². The lowest BCUT2D eigenvalue weighted by Gasteiger charge is -2.20. The third-order valence-corrected chi connectivity index (χ3v) is 3.31. The molecule has 0 saturated carbocycles. The number of nitriles is 1. The molecule has 1 aliphatic rings. The smallest absolute Gasteiger partial charge is 0.127 e. The summed E-state index contributed by atoms with van der Waals surface area (Å²) in [5.41, 5.74) is 2.24. The monoisotopic (exact) mass is 250 g/mol. The van der Waals surface area contributed by atoms with E-state index in [9.17, 15) is 0 Å². The lowest BCUT2D eigenvalue weighted by atomic mass is 10.1. The van der Waals surface area contributed by atoms with Crippen molar-refractivity contribution in [2.75, 3.05) is 13.7 Å². The maximum atomic E-state index is 8.88. The normalized spacial score (nSPS) is 15.2. The molecule has 3 nitrogen and oxygen atoms in total. The van der Waals surface area contributed by atoms with Crippen molar-refractivity contribution in [3.05, 3.63) is 28.3 Å². The molecule has 4 heteroatoms. The Kier molecular flexibility index (Phi) is 3.56. The minimum absolute atomic E-state index is 0.119. The number of benzene rings is 1. The third kappa shape index (κ3) is 2.54. The molecule has 0 fully saturated rings. The number of hydrogen-bond acceptors (Lipinski definition) is 3. The first-order valence-corrected chi connectivity index (χ1v) is 6.03. The molecular weight excluding hydrogens is 236 g/mol. The van der Waals surface area contributed by atoms with E-state index in [1.54, 1.807) is 0 Å². The second kappa shape index (κ2) is 4.95. The lowest BCUT2D eigenvalue weighted by Crippen LogP contribution is -2.27. The SMILES string of the molecule is CC(C#N)N(C)Cc1cc(Cl)cc2c1OCC2. The summed E-state index contributed by atoms with van der Waals surface area (Å²) < 4.78 is 5.63. The molecule has 1 atom stereocenters. The Hall–Kier alpha value is -1.24. The molecule has 1 aromatic rings. The van der Waals surface area contributed by atoms with Crippen LogP contribution < -0.4 is 4.74 Å². The quantitative estimate of drug-likeness (QED) is 0.828. The summed E-state index contributed by atoms with van der Waals surface area (Å²) in [6.45, 7) is 3.28. The maximum absolute atomic E-state index is 8.88. The van der Waals surface area contributed by atoms with Crippen LogP contribution in [-0.2, 0) is 13.0 Å². The fourth-order valence-corrected chi connectivity index (χ4v) is 2.23. The van der Waals surface area contributed by atoms with Crippen molar-refractivity contribution in [1.29, 1.82) is 5.26 Å². The van der Waals surface area contributed by atoms with Crippen molar-refractivity contribution in [3.63, 3.8) is 0 Å². The molecule has 0 radical (unpaired) electrons. The van der Waals surface area contributed by atoms with E-state index in [-0.39, 0.29) is 6.04 Å². The van der Waals surface area contributed by atoms with Crippen LogP contribution in [0.5, 0.6) is 5.75 Å². The highest BCUT2D eigenvalue weighted by Crippen LogP contribution is 2.33. The molecule has 0 aliphatic carbocycles. The predicted octanol–water partition coefficient (Wildman–Crippen LogP) is 2.62. The van der Waals surface area contributed by atoms with Gasteiger partial charge in [-0.05, 0) is 31.7 Å². The fraction of sp³-hybridized carbons (Fsp3) is 0.462. The molecule has 0 saturated heterocycles. The molecule has 1 aromatic carbocycles. The standard InChI is InChI=1S/C13H15ClN2O/c1-9(7-15)16(2)8-11-6-12(14)5-10-3-4-17-13(10)11/h5-6,9H,3-4,8H2,1-2H3. The molecule has 0 N–H and O–H groups in total. The minimum Gasteiger partial charge on any atom is -0.493 e. The van der Waals surface area contributed by atoms with Crippen molar-refractivity contribution in [1.82, 2.24) is 4.90 Å². The predicted molar refractivity (Wildman–Crippen MR) is 67.2 cm³/mol. The van der Waals surface area contributed by atoms with Crippen LogP contribution in [0, 0.1) is 11.3 Å². The molecule has 0 bridgehead atoms. The summed E-state index contributed by atoms with van der Waals surface area (Å²) in [5.74, 6) is 0.950. The van der Waals surface area contributed by atoms with Gasteiger partial charge in [-0.25, -0.2) is 0 Å². The minimum atomic E-state index is -0.119. The zero-order valence-corrected chi connectivity index (χ0v) is 10.8. The largest absolute Gasteiger partial charge is 0.493 e. The Bertz CT molecular complexity index is 467. The average molecular weight is 251 g/mol. The number of hydrogen-bond donors (Lipinski definition) is 0. The number of nitrogens with zero attached hydrogens (tertiary/aromatic N) is 2. The van der Waals surface area contributed by atoms with Crippen LogP contribution in [0.15, 0.2) is 12.1 Å². The molecule has 1 heterocycles. The van der Waals surface area contributed by atoms with Gasteiger partial charge in [-0.2, -0.15) is 5.26 Å². The van der Waals surface area contributed by atoms with Gasteiger partial charge in [0.15, 0.2) is 0 Å². The van der Waals surface area contributed by atoms with Crippen LogP contribution in [0.4, 0.5) is 0 Å². The van der Waals surface area contributed by atoms with E-state index in [4.69, 9.17) is 21.6 Å². The van der Waals surface area contributed by atoms with Gasteiger partial charge in [0.25, 0.3) is 0 Å². The Morgan fingerprint density at radius 1 is 1.59 bits per heavy atom. The molecule has 1 aliphatic heterocycles. The van der Waals surface area contributed by atoms with Gasteiger partial charge in [0, 0.05) is 23.6 Å². The third-order valence-electron chi connectivity index (χ3n) is 3.09. The van der Waals surface area contributed by atoms with Gasteiger partial charge in [0.2, 0.25) is 0 Å². The van der Waals surface area contributed by atoms with E-state index in [1.165, 1.54) is 5.56 Å². The highest BCUT2D eigenvalue weighted by molar-refractivity contribution is 6.30.